The number of halogens is 1. The molecule has 5 nitrogen and oxygen atoms in total. The Morgan fingerprint density at radius 2 is 1.81 bits per heavy atom. The van der Waals surface area contributed by atoms with Gasteiger partial charge in [-0.1, -0.05) is 23.7 Å². The summed E-state index contributed by atoms with van der Waals surface area (Å²) in [6, 6.07) is 22.1. The summed E-state index contributed by atoms with van der Waals surface area (Å²) in [5.41, 5.74) is 5.12. The predicted octanol–water partition coefficient (Wildman–Crippen LogP) is 5.40. The molecule has 2 unspecified atom stereocenters. The predicted molar refractivity (Wildman–Crippen MR) is 131 cm³/mol. The zero-order valence-corrected chi connectivity index (χ0v) is 19.1. The van der Waals surface area contributed by atoms with Crippen LogP contribution in [-0.4, -0.2) is 24.5 Å². The Kier molecular flexibility index (Phi) is 5.64. The highest BCUT2D eigenvalue weighted by Gasteiger charge is 2.41. The van der Waals surface area contributed by atoms with Gasteiger partial charge in [-0.25, -0.2) is 0 Å². The Morgan fingerprint density at radius 3 is 2.53 bits per heavy atom. The number of nitrogens with zero attached hydrogens (tertiary/aromatic N) is 4. The summed E-state index contributed by atoms with van der Waals surface area (Å²) >= 11 is 12.1. The van der Waals surface area contributed by atoms with E-state index in [0.29, 0.717) is 11.7 Å². The highest BCUT2D eigenvalue weighted by molar-refractivity contribution is 7.80. The van der Waals surface area contributed by atoms with E-state index in [0.717, 1.165) is 33.4 Å². The van der Waals surface area contributed by atoms with Gasteiger partial charge in [0, 0.05) is 35.0 Å². The fourth-order valence-corrected chi connectivity index (χ4v) is 4.64. The summed E-state index contributed by atoms with van der Waals surface area (Å²) in [5, 5.41) is 4.96. The second-order valence-electron chi connectivity index (χ2n) is 7.81. The zero-order chi connectivity index (χ0) is 22.1. The van der Waals surface area contributed by atoms with Crippen molar-refractivity contribution in [3.63, 3.8) is 0 Å². The minimum Gasteiger partial charge on any atom is -0.352 e. The standard InChI is InChI=1S/C25H22ClN5S/c1-17-15-19(10-11-20(17)26)30-14-6-9-22(30)24-23(21-8-3-5-13-28-21)29-25(32)31(24)16-18-7-2-4-12-27-18/h2-15,23-24H,16H2,1H3,(H,29,32). The quantitative estimate of drug-likeness (QED) is 0.405. The number of thiocarbonyl (C=S) groups is 1. The van der Waals surface area contributed by atoms with E-state index in [1.807, 2.05) is 67.8 Å². The Bertz CT molecular complexity index is 1240. The number of aryl methyl sites for hydroxylation is 1. The van der Waals surface area contributed by atoms with Gasteiger partial charge >= 0.3 is 0 Å². The van der Waals surface area contributed by atoms with Crippen LogP contribution >= 0.6 is 23.8 Å². The maximum absolute atomic E-state index is 6.28. The summed E-state index contributed by atoms with van der Waals surface area (Å²) in [5.74, 6) is 0. The molecule has 1 saturated heterocycles. The third-order valence-electron chi connectivity index (χ3n) is 5.76. The van der Waals surface area contributed by atoms with Crippen LogP contribution in [0.2, 0.25) is 5.02 Å². The maximum Gasteiger partial charge on any atom is 0.170 e. The van der Waals surface area contributed by atoms with Gasteiger partial charge in [0.15, 0.2) is 5.11 Å². The number of hydrogen-bond acceptors (Lipinski definition) is 3. The van der Waals surface area contributed by atoms with E-state index >= 15 is 0 Å². The molecule has 0 saturated carbocycles. The molecule has 1 aromatic carbocycles. The van der Waals surface area contributed by atoms with Crippen LogP contribution in [0.1, 0.15) is 34.7 Å². The Hall–Kier alpha value is -3.22. The third-order valence-corrected chi connectivity index (χ3v) is 6.54. The van der Waals surface area contributed by atoms with Gasteiger partial charge in [0.1, 0.15) is 0 Å². The second kappa shape index (κ2) is 8.73. The highest BCUT2D eigenvalue weighted by Crippen LogP contribution is 2.40. The van der Waals surface area contributed by atoms with Crippen LogP contribution in [0.3, 0.4) is 0 Å². The van der Waals surface area contributed by atoms with E-state index in [9.17, 15) is 0 Å². The lowest BCUT2D eigenvalue weighted by molar-refractivity contribution is 0.299. The van der Waals surface area contributed by atoms with Gasteiger partial charge in [0.05, 0.1) is 30.0 Å². The smallest absolute Gasteiger partial charge is 0.170 e. The lowest BCUT2D eigenvalue weighted by atomic mass is 10.0. The monoisotopic (exact) mass is 459 g/mol. The first-order valence-corrected chi connectivity index (χ1v) is 11.2. The molecule has 1 fully saturated rings. The number of aromatic nitrogens is 3. The van der Waals surface area contributed by atoms with Gasteiger partial charge in [0.25, 0.3) is 0 Å². The number of hydrogen-bond donors (Lipinski definition) is 1. The van der Waals surface area contributed by atoms with Gasteiger partial charge in [-0.3, -0.25) is 9.97 Å². The fraction of sp³-hybridized carbons (Fsp3) is 0.160. The Labute approximate surface area is 197 Å². The summed E-state index contributed by atoms with van der Waals surface area (Å²) in [6.45, 7) is 2.62. The van der Waals surface area contributed by atoms with E-state index in [1.54, 1.807) is 0 Å². The normalized spacial score (nSPS) is 18.1. The molecule has 3 aromatic heterocycles. The number of benzene rings is 1. The first kappa shape index (κ1) is 20.7. The van der Waals surface area contributed by atoms with E-state index in [4.69, 9.17) is 23.8 Å². The molecule has 1 N–H and O–H groups in total. The van der Waals surface area contributed by atoms with Crippen molar-refractivity contribution in [2.24, 2.45) is 0 Å². The van der Waals surface area contributed by atoms with E-state index in [2.05, 4.69) is 49.1 Å². The highest BCUT2D eigenvalue weighted by atomic mass is 35.5. The average Bonchev–Trinajstić information content (AvgIpc) is 3.42. The fourth-order valence-electron chi connectivity index (χ4n) is 4.21. The average molecular weight is 460 g/mol. The zero-order valence-electron chi connectivity index (χ0n) is 17.5. The molecular weight excluding hydrogens is 438 g/mol. The van der Waals surface area contributed by atoms with Crippen molar-refractivity contribution in [2.45, 2.75) is 25.6 Å². The van der Waals surface area contributed by atoms with Crippen LogP contribution in [0, 0.1) is 6.92 Å². The molecule has 5 rings (SSSR count). The molecule has 2 atom stereocenters. The summed E-state index contributed by atoms with van der Waals surface area (Å²) in [7, 11) is 0. The van der Waals surface area contributed by atoms with Crippen molar-refractivity contribution in [2.75, 3.05) is 0 Å². The Morgan fingerprint density at radius 1 is 1.00 bits per heavy atom. The van der Waals surface area contributed by atoms with Crippen LogP contribution in [-0.2, 0) is 6.54 Å². The topological polar surface area (TPSA) is 46.0 Å². The van der Waals surface area contributed by atoms with Crippen LogP contribution in [0.4, 0.5) is 0 Å². The first-order valence-electron chi connectivity index (χ1n) is 10.4. The minimum atomic E-state index is -0.0885. The molecule has 0 radical (unpaired) electrons. The first-order chi connectivity index (χ1) is 15.6. The van der Waals surface area contributed by atoms with E-state index < -0.39 is 0 Å². The largest absolute Gasteiger partial charge is 0.352 e. The van der Waals surface area contributed by atoms with Crippen LogP contribution in [0.5, 0.6) is 0 Å². The summed E-state index contributed by atoms with van der Waals surface area (Å²) < 4.78 is 2.20. The molecule has 4 heterocycles. The molecule has 7 heteroatoms. The minimum absolute atomic E-state index is 0.0645. The molecule has 0 bridgehead atoms. The molecule has 0 spiro atoms. The van der Waals surface area contributed by atoms with E-state index in [-0.39, 0.29) is 12.1 Å². The number of rotatable bonds is 5. The Balaban J connectivity index is 1.61. The SMILES string of the molecule is Cc1cc(-n2cccc2C2C(c3ccccn3)NC(=S)N2Cc2ccccn2)ccc1Cl. The molecular formula is C25H22ClN5S. The second-order valence-corrected chi connectivity index (χ2v) is 8.61. The van der Waals surface area contributed by atoms with Crippen LogP contribution < -0.4 is 5.32 Å². The number of nitrogens with one attached hydrogen (secondary N) is 1. The lowest BCUT2D eigenvalue weighted by Gasteiger charge is -2.28. The van der Waals surface area contributed by atoms with Crippen molar-refractivity contribution < 1.29 is 0 Å². The van der Waals surface area contributed by atoms with Crippen molar-refractivity contribution in [3.8, 4) is 5.69 Å². The van der Waals surface area contributed by atoms with Crippen LogP contribution in [0.15, 0.2) is 85.3 Å². The molecule has 1 aliphatic rings. The molecule has 32 heavy (non-hydrogen) atoms. The van der Waals surface area contributed by atoms with Crippen molar-refractivity contribution in [1.29, 1.82) is 0 Å². The maximum atomic E-state index is 6.28. The van der Waals surface area contributed by atoms with Crippen LogP contribution in [0.25, 0.3) is 5.69 Å². The lowest BCUT2D eigenvalue weighted by Crippen LogP contribution is -2.30. The van der Waals surface area contributed by atoms with Crippen molar-refractivity contribution in [3.05, 3.63) is 113 Å². The number of pyridine rings is 2. The molecule has 0 amide bonds. The van der Waals surface area contributed by atoms with Gasteiger partial charge < -0.3 is 14.8 Å². The van der Waals surface area contributed by atoms with E-state index in [1.165, 1.54) is 0 Å². The van der Waals surface area contributed by atoms with Gasteiger partial charge in [0.2, 0.25) is 0 Å². The molecule has 160 valence electrons. The van der Waals surface area contributed by atoms with Gasteiger partial charge in [-0.2, -0.15) is 0 Å². The van der Waals surface area contributed by atoms with Crippen molar-refractivity contribution in [1.82, 2.24) is 24.8 Å². The molecule has 0 aliphatic carbocycles. The third kappa shape index (κ3) is 3.87. The van der Waals surface area contributed by atoms with Crippen molar-refractivity contribution >= 4 is 28.9 Å². The summed E-state index contributed by atoms with van der Waals surface area (Å²) in [6.07, 6.45) is 5.71. The van der Waals surface area contributed by atoms with Gasteiger partial charge in [-0.05, 0) is 79.3 Å². The summed E-state index contributed by atoms with van der Waals surface area (Å²) in [4.78, 5) is 11.4. The van der Waals surface area contributed by atoms with Gasteiger partial charge in [-0.15, -0.1) is 0 Å². The molecule has 1 aliphatic heterocycles. The molecule has 4 aromatic rings.